The number of nitrogens with zero attached hydrogens (tertiary/aromatic N) is 2. The molecule has 3 aliphatic rings. The lowest BCUT2D eigenvalue weighted by molar-refractivity contribution is 0.632. The van der Waals surface area contributed by atoms with Gasteiger partial charge in [0.2, 0.25) is 0 Å². The number of para-hydroxylation sites is 4. The van der Waals surface area contributed by atoms with Crippen LogP contribution in [0, 0.1) is 18.3 Å². The van der Waals surface area contributed by atoms with Gasteiger partial charge in [-0.1, -0.05) is 133 Å². The minimum atomic E-state index is 0.400. The molecule has 0 N–H and O–H groups in total. The molecule has 2 unspecified atom stereocenters. The normalized spacial score (nSPS) is 16.8. The van der Waals surface area contributed by atoms with Gasteiger partial charge in [-0.15, -0.1) is 6.42 Å². The Hall–Kier alpha value is -6.56. The predicted molar refractivity (Wildman–Crippen MR) is 223 cm³/mol. The molecule has 0 bridgehead atoms. The fraction of sp³-hybridized carbons (Fsp3) is 0.0980. The Morgan fingerprint density at radius 2 is 1.26 bits per heavy atom. The van der Waals surface area contributed by atoms with E-state index < -0.39 is 0 Å². The number of anilines is 5. The molecule has 0 aliphatic heterocycles. The summed E-state index contributed by atoms with van der Waals surface area (Å²) < 4.78 is 0. The van der Waals surface area contributed by atoms with Crippen molar-refractivity contribution in [3.05, 3.63) is 221 Å². The van der Waals surface area contributed by atoms with Crippen molar-refractivity contribution in [2.24, 2.45) is 5.92 Å². The molecule has 0 heterocycles. The highest BCUT2D eigenvalue weighted by atomic mass is 15.1. The molecule has 0 saturated heterocycles. The summed E-state index contributed by atoms with van der Waals surface area (Å²) >= 11 is 0. The first kappa shape index (κ1) is 32.4. The van der Waals surface area contributed by atoms with E-state index in [2.05, 4.69) is 204 Å². The maximum atomic E-state index is 6.12. The van der Waals surface area contributed by atoms with Crippen molar-refractivity contribution >= 4 is 39.6 Å². The van der Waals surface area contributed by atoms with Crippen LogP contribution in [0.15, 0.2) is 194 Å². The van der Waals surface area contributed by atoms with Gasteiger partial charge in [0, 0.05) is 52.9 Å². The number of fused-ring (bicyclic) bond motifs is 4. The van der Waals surface area contributed by atoms with Crippen LogP contribution in [0.1, 0.15) is 33.7 Å². The molecule has 6 aromatic carbocycles. The number of benzene rings is 6. The Morgan fingerprint density at radius 1 is 0.642 bits per heavy atom. The van der Waals surface area contributed by atoms with Gasteiger partial charge in [0.1, 0.15) is 0 Å². The van der Waals surface area contributed by atoms with Gasteiger partial charge >= 0.3 is 0 Å². The first-order chi connectivity index (χ1) is 26.2. The molecule has 2 atom stereocenters. The van der Waals surface area contributed by atoms with Crippen LogP contribution >= 0.6 is 0 Å². The number of rotatable bonds is 9. The molecule has 0 fully saturated rings. The lowest BCUT2D eigenvalue weighted by Gasteiger charge is -2.26. The van der Waals surface area contributed by atoms with Crippen molar-refractivity contribution in [1.29, 1.82) is 0 Å². The third kappa shape index (κ3) is 6.32. The molecule has 0 aromatic heterocycles. The third-order valence-corrected chi connectivity index (χ3v) is 10.9. The number of hydrogen-bond acceptors (Lipinski definition) is 2. The van der Waals surface area contributed by atoms with Crippen LogP contribution in [-0.2, 0) is 12.8 Å². The third-order valence-electron chi connectivity index (χ3n) is 10.9. The predicted octanol–water partition coefficient (Wildman–Crippen LogP) is 12.4. The van der Waals surface area contributed by atoms with E-state index in [1.54, 1.807) is 0 Å². The van der Waals surface area contributed by atoms with Crippen LogP contribution in [-0.4, -0.2) is 6.54 Å². The Kier molecular flexibility index (Phi) is 8.68. The van der Waals surface area contributed by atoms with Crippen LogP contribution in [0.4, 0.5) is 28.4 Å². The molecule has 2 heteroatoms. The lowest BCUT2D eigenvalue weighted by Crippen LogP contribution is -2.16. The largest absolute Gasteiger partial charge is 0.338 e. The van der Waals surface area contributed by atoms with E-state index in [1.807, 2.05) is 0 Å². The van der Waals surface area contributed by atoms with Gasteiger partial charge in [-0.3, -0.25) is 0 Å². The van der Waals surface area contributed by atoms with E-state index in [1.165, 1.54) is 39.1 Å². The summed E-state index contributed by atoms with van der Waals surface area (Å²) in [5.74, 6) is 3.85. The SMILES string of the molecule is C#CC1=C(/C=C\CN(c2ccccc2)c2ccccc2)c2ccc(C3=CC4Cc5cc(N(c6ccccc6)c6ccccc6)ccc5C4C=C3)cc2C1. The van der Waals surface area contributed by atoms with Crippen molar-refractivity contribution in [2.75, 3.05) is 16.3 Å². The van der Waals surface area contributed by atoms with Gasteiger partial charge in [-0.2, -0.15) is 0 Å². The van der Waals surface area contributed by atoms with Crippen LogP contribution in [0.25, 0.3) is 11.1 Å². The van der Waals surface area contributed by atoms with Gasteiger partial charge < -0.3 is 9.80 Å². The zero-order valence-corrected chi connectivity index (χ0v) is 29.6. The molecule has 0 spiro atoms. The highest BCUT2D eigenvalue weighted by Crippen LogP contribution is 2.47. The lowest BCUT2D eigenvalue weighted by atomic mass is 9.84. The quantitative estimate of drug-likeness (QED) is 0.140. The minimum absolute atomic E-state index is 0.400. The van der Waals surface area contributed by atoms with Crippen molar-refractivity contribution < 1.29 is 0 Å². The van der Waals surface area contributed by atoms with Crippen molar-refractivity contribution in [1.82, 2.24) is 0 Å². The van der Waals surface area contributed by atoms with E-state index in [0.29, 0.717) is 11.8 Å². The molecular weight excluding hydrogens is 641 g/mol. The molecular formula is C51H40N2. The van der Waals surface area contributed by atoms with E-state index in [-0.39, 0.29) is 0 Å². The van der Waals surface area contributed by atoms with Crippen molar-refractivity contribution in [3.63, 3.8) is 0 Å². The molecule has 3 aliphatic carbocycles. The highest BCUT2D eigenvalue weighted by Gasteiger charge is 2.32. The van der Waals surface area contributed by atoms with E-state index in [9.17, 15) is 0 Å². The summed E-state index contributed by atoms with van der Waals surface area (Å²) in [6.45, 7) is 0.740. The molecule has 9 rings (SSSR count). The van der Waals surface area contributed by atoms with Crippen LogP contribution in [0.2, 0.25) is 0 Å². The fourth-order valence-corrected chi connectivity index (χ4v) is 8.34. The number of hydrogen-bond donors (Lipinski definition) is 0. The van der Waals surface area contributed by atoms with Crippen LogP contribution in [0.3, 0.4) is 0 Å². The molecule has 0 saturated carbocycles. The Labute approximate surface area is 313 Å². The number of allylic oxidation sites excluding steroid dienone is 7. The Balaban J connectivity index is 0.947. The standard InChI is InChI=1S/C51H40N2/c1-2-37-32-40-33-38(25-28-49(40)48(37)24-15-31-52(43-16-7-3-8-17-43)44-18-9-4-10-19-44)39-26-29-50-41(34-39)35-42-36-47(27-30-51(42)50)53(45-20-11-5-12-21-45)46-22-13-6-14-23-46/h1,3-30,33-34,36,41,50H,31-32,35H2/b24-15-. The second-order valence-corrected chi connectivity index (χ2v) is 14.0. The topological polar surface area (TPSA) is 6.48 Å². The summed E-state index contributed by atoms with van der Waals surface area (Å²) in [7, 11) is 0. The van der Waals surface area contributed by atoms with Crippen molar-refractivity contribution in [2.45, 2.75) is 18.8 Å². The molecule has 0 radical (unpaired) electrons. The molecule has 254 valence electrons. The maximum absolute atomic E-state index is 6.12. The van der Waals surface area contributed by atoms with Gasteiger partial charge in [0.15, 0.2) is 0 Å². The highest BCUT2D eigenvalue weighted by molar-refractivity contribution is 5.88. The second kappa shape index (κ2) is 14.2. The van der Waals surface area contributed by atoms with E-state index in [0.717, 1.165) is 53.3 Å². The minimum Gasteiger partial charge on any atom is -0.338 e. The van der Waals surface area contributed by atoms with Gasteiger partial charge in [0.25, 0.3) is 0 Å². The average molecular weight is 681 g/mol. The Bertz CT molecular complexity index is 2350. The van der Waals surface area contributed by atoms with Gasteiger partial charge in [-0.05, 0) is 112 Å². The monoisotopic (exact) mass is 680 g/mol. The Morgan fingerprint density at radius 3 is 1.89 bits per heavy atom. The summed E-state index contributed by atoms with van der Waals surface area (Å²) in [6, 6.07) is 56.4. The van der Waals surface area contributed by atoms with E-state index >= 15 is 0 Å². The summed E-state index contributed by atoms with van der Waals surface area (Å²) in [6.07, 6.45) is 19.7. The molecule has 2 nitrogen and oxygen atoms in total. The zero-order chi connectivity index (χ0) is 35.6. The summed E-state index contributed by atoms with van der Waals surface area (Å²) in [5.41, 5.74) is 16.0. The van der Waals surface area contributed by atoms with Crippen molar-refractivity contribution in [3.8, 4) is 12.3 Å². The molecule has 0 amide bonds. The molecule has 53 heavy (non-hydrogen) atoms. The maximum Gasteiger partial charge on any atom is 0.0464 e. The fourth-order valence-electron chi connectivity index (χ4n) is 8.34. The van der Waals surface area contributed by atoms with Gasteiger partial charge in [-0.25, -0.2) is 0 Å². The first-order valence-electron chi connectivity index (χ1n) is 18.5. The summed E-state index contributed by atoms with van der Waals surface area (Å²) in [4.78, 5) is 4.68. The van der Waals surface area contributed by atoms with Crippen LogP contribution < -0.4 is 9.80 Å². The summed E-state index contributed by atoms with van der Waals surface area (Å²) in [5, 5.41) is 0. The number of terminal acetylenes is 1. The van der Waals surface area contributed by atoms with Crippen LogP contribution in [0.5, 0.6) is 0 Å². The van der Waals surface area contributed by atoms with Gasteiger partial charge in [0.05, 0.1) is 0 Å². The zero-order valence-electron chi connectivity index (χ0n) is 29.6. The average Bonchev–Trinajstić information content (AvgIpc) is 3.77. The van der Waals surface area contributed by atoms with E-state index in [4.69, 9.17) is 6.42 Å². The smallest absolute Gasteiger partial charge is 0.0464 e. The second-order valence-electron chi connectivity index (χ2n) is 14.0. The first-order valence-corrected chi connectivity index (χ1v) is 18.5. The molecule has 6 aromatic rings.